The van der Waals surface area contributed by atoms with Crippen LogP contribution < -0.4 is 5.32 Å². The van der Waals surface area contributed by atoms with Crippen LogP contribution in [0.5, 0.6) is 11.6 Å². The lowest BCUT2D eigenvalue weighted by Gasteiger charge is -2.32. The van der Waals surface area contributed by atoms with Gasteiger partial charge < -0.3 is 25.3 Å². The number of carbonyl (C=O) groups excluding carboxylic acids is 2. The minimum atomic E-state index is -0.711. The number of nitrogens with one attached hydrogen (secondary N) is 1. The first kappa shape index (κ1) is 22.4. The number of aromatic nitrogens is 2. The molecule has 166 valence electrons. The zero-order valence-electron chi connectivity index (χ0n) is 17.5. The Bertz CT molecular complexity index is 952. The highest BCUT2D eigenvalue weighted by molar-refractivity contribution is 5.95. The average molecular weight is 431 g/mol. The van der Waals surface area contributed by atoms with Crippen LogP contribution in [-0.2, 0) is 11.3 Å². The van der Waals surface area contributed by atoms with Crippen LogP contribution in [0.3, 0.4) is 0 Å². The fourth-order valence-corrected chi connectivity index (χ4v) is 3.45. The largest absolute Gasteiger partial charge is 0.501 e. The Morgan fingerprint density at radius 2 is 1.94 bits per heavy atom. The van der Waals surface area contributed by atoms with Crippen molar-refractivity contribution in [1.29, 1.82) is 0 Å². The van der Waals surface area contributed by atoms with E-state index in [0.717, 1.165) is 6.42 Å². The Labute approximate surface area is 179 Å². The van der Waals surface area contributed by atoms with Gasteiger partial charge in [-0.15, -0.1) is 0 Å². The fraction of sp³-hybridized carbons (Fsp3) is 0.429. The normalized spacial score (nSPS) is 16.4. The second-order valence-corrected chi connectivity index (χ2v) is 7.83. The van der Waals surface area contributed by atoms with E-state index in [0.29, 0.717) is 25.1 Å². The predicted octanol–water partition coefficient (Wildman–Crippen LogP) is 1.22. The van der Waals surface area contributed by atoms with Gasteiger partial charge in [0.2, 0.25) is 11.7 Å². The van der Waals surface area contributed by atoms with Crippen LogP contribution in [-0.4, -0.2) is 75.5 Å². The number of hydrogen-bond acceptors (Lipinski definition) is 7. The zero-order valence-corrected chi connectivity index (χ0v) is 17.5. The van der Waals surface area contributed by atoms with Crippen LogP contribution in [0.4, 0.5) is 4.39 Å². The number of carbonyl (C=O) groups is 2. The van der Waals surface area contributed by atoms with Gasteiger partial charge in [0.15, 0.2) is 5.69 Å². The van der Waals surface area contributed by atoms with E-state index in [1.807, 2.05) is 14.1 Å². The summed E-state index contributed by atoms with van der Waals surface area (Å²) >= 11 is 0. The summed E-state index contributed by atoms with van der Waals surface area (Å²) in [5, 5.41) is 22.8. The minimum Gasteiger partial charge on any atom is -0.501 e. The summed E-state index contributed by atoms with van der Waals surface area (Å²) < 4.78 is 13.0. The van der Waals surface area contributed by atoms with Gasteiger partial charge in [-0.25, -0.2) is 9.37 Å². The molecule has 3 rings (SSSR count). The summed E-state index contributed by atoms with van der Waals surface area (Å²) in [7, 11) is 3.63. The number of rotatable bonds is 6. The summed E-state index contributed by atoms with van der Waals surface area (Å²) in [6.45, 7) is 1.37. The van der Waals surface area contributed by atoms with Gasteiger partial charge in [-0.1, -0.05) is 12.1 Å². The van der Waals surface area contributed by atoms with E-state index in [9.17, 15) is 24.2 Å². The molecule has 10 heteroatoms. The molecule has 1 aromatic carbocycles. The topological polar surface area (TPSA) is 119 Å². The third kappa shape index (κ3) is 5.66. The number of amides is 2. The van der Waals surface area contributed by atoms with Crippen LogP contribution in [0, 0.1) is 5.82 Å². The van der Waals surface area contributed by atoms with Crippen LogP contribution >= 0.6 is 0 Å². The molecule has 0 aliphatic carbocycles. The van der Waals surface area contributed by atoms with E-state index < -0.39 is 17.5 Å². The highest BCUT2D eigenvalue weighted by Gasteiger charge is 2.29. The molecule has 1 atom stereocenters. The van der Waals surface area contributed by atoms with Gasteiger partial charge in [-0.3, -0.25) is 9.59 Å². The molecule has 1 aromatic heterocycles. The third-order valence-corrected chi connectivity index (χ3v) is 5.06. The van der Waals surface area contributed by atoms with Crippen LogP contribution in [0.2, 0.25) is 0 Å². The quantitative estimate of drug-likeness (QED) is 0.629. The molecule has 1 aliphatic rings. The molecule has 2 heterocycles. The van der Waals surface area contributed by atoms with Crippen molar-refractivity contribution in [3.8, 4) is 11.6 Å². The Kier molecular flexibility index (Phi) is 7.01. The highest BCUT2D eigenvalue weighted by atomic mass is 19.1. The first-order chi connectivity index (χ1) is 14.7. The first-order valence-electron chi connectivity index (χ1n) is 9.99. The smallest absolute Gasteiger partial charge is 0.274 e. The number of halogens is 1. The van der Waals surface area contributed by atoms with E-state index >= 15 is 0 Å². The monoisotopic (exact) mass is 431 g/mol. The van der Waals surface area contributed by atoms with E-state index in [1.165, 1.54) is 24.3 Å². The second-order valence-electron chi connectivity index (χ2n) is 7.83. The highest BCUT2D eigenvalue weighted by Crippen LogP contribution is 2.31. The molecule has 0 bridgehead atoms. The van der Waals surface area contributed by atoms with Crippen LogP contribution in [0.1, 0.15) is 40.6 Å². The Morgan fingerprint density at radius 3 is 2.61 bits per heavy atom. The SMILES string of the molecule is CN(C)CC(=O)N1CCCC(c2nc(O)c(O)c(C(=O)NCc3ccc(F)cc3)n2)C1. The lowest BCUT2D eigenvalue weighted by molar-refractivity contribution is -0.133. The Morgan fingerprint density at radius 1 is 1.23 bits per heavy atom. The number of nitrogens with zero attached hydrogens (tertiary/aromatic N) is 4. The molecule has 1 unspecified atom stereocenters. The summed E-state index contributed by atoms with van der Waals surface area (Å²) in [5.74, 6) is -2.57. The van der Waals surface area contributed by atoms with E-state index in [2.05, 4.69) is 15.3 Å². The maximum Gasteiger partial charge on any atom is 0.274 e. The molecule has 1 fully saturated rings. The molecule has 2 amide bonds. The maximum absolute atomic E-state index is 13.0. The van der Waals surface area contributed by atoms with Gasteiger partial charge in [0.05, 0.1) is 6.54 Å². The molecule has 0 radical (unpaired) electrons. The molecule has 3 N–H and O–H groups in total. The summed E-state index contributed by atoms with van der Waals surface area (Å²) in [4.78, 5) is 36.6. The van der Waals surface area contributed by atoms with Crippen LogP contribution in [0.15, 0.2) is 24.3 Å². The average Bonchev–Trinajstić information content (AvgIpc) is 2.74. The first-order valence-corrected chi connectivity index (χ1v) is 9.99. The van der Waals surface area contributed by atoms with Gasteiger partial charge in [0.25, 0.3) is 11.8 Å². The molecule has 9 nitrogen and oxygen atoms in total. The van der Waals surface area contributed by atoms with Crippen LogP contribution in [0.25, 0.3) is 0 Å². The van der Waals surface area contributed by atoms with Crippen molar-refractivity contribution in [3.05, 3.63) is 47.2 Å². The van der Waals surface area contributed by atoms with Crippen molar-refractivity contribution in [2.24, 2.45) is 0 Å². The van der Waals surface area contributed by atoms with Gasteiger partial charge in [-0.05, 0) is 44.6 Å². The Hall–Kier alpha value is -3.27. The Balaban J connectivity index is 1.74. The zero-order chi connectivity index (χ0) is 22.5. The second kappa shape index (κ2) is 9.69. The molecular weight excluding hydrogens is 405 g/mol. The van der Waals surface area contributed by atoms with Crippen molar-refractivity contribution in [3.63, 3.8) is 0 Å². The molecule has 31 heavy (non-hydrogen) atoms. The molecule has 1 aliphatic heterocycles. The maximum atomic E-state index is 13.0. The number of aromatic hydroxyl groups is 2. The standard InChI is InChI=1S/C21H26FN5O4/c1-26(2)12-16(28)27-9-3-4-14(11-27)19-24-17(18(29)21(31)25-19)20(30)23-10-13-5-7-15(22)8-6-13/h5-8,14,29H,3-4,9-12H2,1-2H3,(H,23,30)(H,24,25,31). The van der Waals surface area contributed by atoms with E-state index in [-0.39, 0.29) is 42.3 Å². The van der Waals surface area contributed by atoms with Gasteiger partial charge in [0, 0.05) is 25.6 Å². The van der Waals surface area contributed by atoms with Crippen molar-refractivity contribution in [1.82, 2.24) is 25.1 Å². The van der Waals surface area contributed by atoms with E-state index in [1.54, 1.807) is 9.80 Å². The number of likely N-dealkylation sites (tertiary alicyclic amines) is 1. The van der Waals surface area contributed by atoms with Gasteiger partial charge in [-0.2, -0.15) is 4.98 Å². The molecule has 0 spiro atoms. The van der Waals surface area contributed by atoms with Crippen molar-refractivity contribution in [2.45, 2.75) is 25.3 Å². The summed E-state index contributed by atoms with van der Waals surface area (Å²) in [6.07, 6.45) is 1.42. The molecule has 0 saturated carbocycles. The number of hydrogen-bond donors (Lipinski definition) is 3. The number of benzene rings is 1. The molecular formula is C21H26FN5O4. The van der Waals surface area contributed by atoms with Crippen molar-refractivity contribution < 1.29 is 24.2 Å². The molecule has 2 aromatic rings. The van der Waals surface area contributed by atoms with Gasteiger partial charge >= 0.3 is 0 Å². The predicted molar refractivity (Wildman–Crippen MR) is 110 cm³/mol. The number of piperidine rings is 1. The van der Waals surface area contributed by atoms with Crippen molar-refractivity contribution >= 4 is 11.8 Å². The third-order valence-electron chi connectivity index (χ3n) is 5.06. The fourth-order valence-electron chi connectivity index (χ4n) is 3.45. The van der Waals surface area contributed by atoms with Gasteiger partial charge in [0.1, 0.15) is 11.6 Å². The van der Waals surface area contributed by atoms with E-state index in [4.69, 9.17) is 0 Å². The lowest BCUT2D eigenvalue weighted by atomic mass is 9.97. The summed E-state index contributed by atoms with van der Waals surface area (Å²) in [6, 6.07) is 5.61. The number of likely N-dealkylation sites (N-methyl/N-ethyl adjacent to an activating group) is 1. The van der Waals surface area contributed by atoms with Crippen molar-refractivity contribution in [2.75, 3.05) is 33.7 Å². The minimum absolute atomic E-state index is 0.0186. The summed E-state index contributed by atoms with van der Waals surface area (Å²) in [5.41, 5.74) is 0.316. The molecule has 1 saturated heterocycles. The lowest BCUT2D eigenvalue weighted by Crippen LogP contribution is -2.43.